The fourth-order valence-corrected chi connectivity index (χ4v) is 5.56. The minimum Gasteiger partial charge on any atom is -0.357 e. The molecule has 2 aliphatic heterocycles. The van der Waals surface area contributed by atoms with Crippen LogP contribution < -0.4 is 0 Å². The van der Waals surface area contributed by atoms with Crippen LogP contribution in [0.1, 0.15) is 56.3 Å². The summed E-state index contributed by atoms with van der Waals surface area (Å²) in [4.78, 5) is 6.61. The standard InChI is InChI=1S/C20H26N2/c1-13-10-17-16-8-4-5-9-18(16)21-20(17)19-11-14-6-2-3-7-15(14)12-22(13)19/h4-5,8-9,13-15,19,21H,2-3,6-7,10-12H2,1H3/t13-,14-,15+,19+/m1/s1. The van der Waals surface area contributed by atoms with Gasteiger partial charge in [0.25, 0.3) is 0 Å². The van der Waals surface area contributed by atoms with E-state index in [0.717, 1.165) is 11.8 Å². The molecular formula is C20H26N2. The van der Waals surface area contributed by atoms with Gasteiger partial charge in [-0.3, -0.25) is 4.90 Å². The third-order valence-electron chi connectivity index (χ3n) is 6.68. The molecule has 2 nitrogen and oxygen atoms in total. The summed E-state index contributed by atoms with van der Waals surface area (Å²) in [5.74, 6) is 1.94. The number of para-hydroxylation sites is 1. The molecular weight excluding hydrogens is 268 g/mol. The van der Waals surface area contributed by atoms with Crippen molar-refractivity contribution in [2.75, 3.05) is 6.54 Å². The molecule has 0 bridgehead atoms. The van der Waals surface area contributed by atoms with E-state index in [4.69, 9.17) is 0 Å². The predicted octanol–water partition coefficient (Wildman–Crippen LogP) is 4.67. The molecule has 2 fully saturated rings. The van der Waals surface area contributed by atoms with Gasteiger partial charge in [-0.1, -0.05) is 37.5 Å². The van der Waals surface area contributed by atoms with Gasteiger partial charge in [0.05, 0.1) is 6.04 Å². The first kappa shape index (κ1) is 13.2. The second kappa shape index (κ2) is 4.86. The molecule has 3 heterocycles. The molecule has 0 unspecified atom stereocenters. The molecule has 116 valence electrons. The highest BCUT2D eigenvalue weighted by Crippen LogP contribution is 2.48. The molecule has 1 aromatic heterocycles. The molecule has 5 rings (SSSR count). The fourth-order valence-electron chi connectivity index (χ4n) is 5.56. The van der Waals surface area contributed by atoms with E-state index in [1.54, 1.807) is 11.3 Å². The minimum absolute atomic E-state index is 0.644. The molecule has 0 spiro atoms. The van der Waals surface area contributed by atoms with E-state index in [-0.39, 0.29) is 0 Å². The maximum atomic E-state index is 3.79. The quantitative estimate of drug-likeness (QED) is 0.748. The molecule has 3 aliphatic rings. The summed E-state index contributed by atoms with van der Waals surface area (Å²) in [6, 6.07) is 10.2. The average molecular weight is 294 g/mol. The van der Waals surface area contributed by atoms with Crippen molar-refractivity contribution in [1.82, 2.24) is 9.88 Å². The Kier molecular flexibility index (Phi) is 2.91. The van der Waals surface area contributed by atoms with E-state index >= 15 is 0 Å². The van der Waals surface area contributed by atoms with Crippen molar-refractivity contribution >= 4 is 10.9 Å². The largest absolute Gasteiger partial charge is 0.357 e. The first-order valence-corrected chi connectivity index (χ1v) is 9.16. The van der Waals surface area contributed by atoms with E-state index in [0.29, 0.717) is 12.1 Å². The van der Waals surface area contributed by atoms with Gasteiger partial charge in [0.2, 0.25) is 0 Å². The number of fused-ring (bicyclic) bond motifs is 6. The van der Waals surface area contributed by atoms with Crippen LogP contribution in [-0.2, 0) is 6.42 Å². The number of aromatic nitrogens is 1. The van der Waals surface area contributed by atoms with Crippen LogP contribution in [0.25, 0.3) is 10.9 Å². The lowest BCUT2D eigenvalue weighted by molar-refractivity contribution is 0.00372. The molecule has 4 atom stereocenters. The number of hydrogen-bond acceptors (Lipinski definition) is 1. The van der Waals surface area contributed by atoms with Crippen molar-refractivity contribution < 1.29 is 0 Å². The first-order valence-electron chi connectivity index (χ1n) is 9.16. The van der Waals surface area contributed by atoms with Gasteiger partial charge in [-0.05, 0) is 49.7 Å². The fraction of sp³-hybridized carbons (Fsp3) is 0.600. The maximum Gasteiger partial charge on any atom is 0.0507 e. The summed E-state index contributed by atoms with van der Waals surface area (Å²) < 4.78 is 0. The SMILES string of the molecule is C[C@@H]1Cc2c([nH]c3ccccc23)[C@@H]2C[C@H]3CCCC[C@H]3CN12. The van der Waals surface area contributed by atoms with Crippen LogP contribution in [0.5, 0.6) is 0 Å². The van der Waals surface area contributed by atoms with Gasteiger partial charge in [0.15, 0.2) is 0 Å². The third-order valence-corrected chi connectivity index (χ3v) is 6.68. The highest BCUT2D eigenvalue weighted by atomic mass is 15.2. The molecule has 1 aromatic carbocycles. The summed E-state index contributed by atoms with van der Waals surface area (Å²) in [6.07, 6.45) is 8.47. The van der Waals surface area contributed by atoms with E-state index < -0.39 is 0 Å². The van der Waals surface area contributed by atoms with Crippen LogP contribution in [0.2, 0.25) is 0 Å². The molecule has 2 heteroatoms. The van der Waals surface area contributed by atoms with E-state index in [1.807, 2.05) is 0 Å². The maximum absolute atomic E-state index is 3.79. The lowest BCUT2D eigenvalue weighted by atomic mass is 9.70. The summed E-state index contributed by atoms with van der Waals surface area (Å²) >= 11 is 0. The number of benzene rings is 1. The number of nitrogens with zero attached hydrogens (tertiary/aromatic N) is 1. The van der Waals surface area contributed by atoms with Crippen molar-refractivity contribution in [1.29, 1.82) is 0 Å². The molecule has 1 saturated carbocycles. The zero-order valence-electron chi connectivity index (χ0n) is 13.5. The van der Waals surface area contributed by atoms with Gasteiger partial charge < -0.3 is 4.98 Å². The van der Waals surface area contributed by atoms with Crippen molar-refractivity contribution in [2.45, 2.75) is 57.5 Å². The smallest absolute Gasteiger partial charge is 0.0507 e. The van der Waals surface area contributed by atoms with Gasteiger partial charge in [0.1, 0.15) is 0 Å². The third kappa shape index (κ3) is 1.83. The van der Waals surface area contributed by atoms with E-state index in [2.05, 4.69) is 41.1 Å². The molecule has 1 N–H and O–H groups in total. The Labute approximate surface area is 132 Å². The number of H-pyrrole nitrogens is 1. The Hall–Kier alpha value is -1.28. The Morgan fingerprint density at radius 2 is 1.91 bits per heavy atom. The lowest BCUT2D eigenvalue weighted by Gasteiger charge is -2.50. The number of rotatable bonds is 0. The monoisotopic (exact) mass is 294 g/mol. The molecule has 0 amide bonds. The summed E-state index contributed by atoms with van der Waals surface area (Å²) in [6.45, 7) is 3.78. The topological polar surface area (TPSA) is 19.0 Å². The van der Waals surface area contributed by atoms with Gasteiger partial charge in [-0.15, -0.1) is 0 Å². The molecule has 1 aliphatic carbocycles. The van der Waals surface area contributed by atoms with Crippen LogP contribution in [0.3, 0.4) is 0 Å². The number of piperidine rings is 1. The molecule has 1 saturated heterocycles. The zero-order valence-corrected chi connectivity index (χ0v) is 13.5. The average Bonchev–Trinajstić information content (AvgIpc) is 2.93. The van der Waals surface area contributed by atoms with Crippen molar-refractivity contribution in [3.05, 3.63) is 35.5 Å². The van der Waals surface area contributed by atoms with Gasteiger partial charge in [-0.2, -0.15) is 0 Å². The van der Waals surface area contributed by atoms with Crippen molar-refractivity contribution in [3.8, 4) is 0 Å². The van der Waals surface area contributed by atoms with Gasteiger partial charge >= 0.3 is 0 Å². The van der Waals surface area contributed by atoms with Gasteiger partial charge in [0, 0.05) is 29.2 Å². The highest BCUT2D eigenvalue weighted by Gasteiger charge is 2.43. The van der Waals surface area contributed by atoms with Crippen molar-refractivity contribution in [2.24, 2.45) is 11.8 Å². The summed E-state index contributed by atoms with van der Waals surface area (Å²) in [5.41, 5.74) is 4.49. The summed E-state index contributed by atoms with van der Waals surface area (Å²) in [5, 5.41) is 1.47. The Morgan fingerprint density at radius 1 is 1.09 bits per heavy atom. The number of hydrogen-bond donors (Lipinski definition) is 1. The van der Waals surface area contributed by atoms with Crippen LogP contribution in [0.15, 0.2) is 24.3 Å². The van der Waals surface area contributed by atoms with Crippen LogP contribution >= 0.6 is 0 Å². The summed E-state index contributed by atoms with van der Waals surface area (Å²) in [7, 11) is 0. The second-order valence-electron chi connectivity index (χ2n) is 7.87. The normalized spacial score (nSPS) is 35.0. The van der Waals surface area contributed by atoms with E-state index in [9.17, 15) is 0 Å². The Morgan fingerprint density at radius 3 is 2.82 bits per heavy atom. The Bertz CT molecular complexity index is 701. The lowest BCUT2D eigenvalue weighted by Crippen LogP contribution is -2.50. The van der Waals surface area contributed by atoms with Crippen LogP contribution in [0, 0.1) is 11.8 Å². The number of nitrogens with one attached hydrogen (secondary N) is 1. The molecule has 0 radical (unpaired) electrons. The number of aromatic amines is 1. The zero-order chi connectivity index (χ0) is 14.7. The second-order valence-corrected chi connectivity index (χ2v) is 7.87. The molecule has 22 heavy (non-hydrogen) atoms. The highest BCUT2D eigenvalue weighted by molar-refractivity contribution is 5.85. The van der Waals surface area contributed by atoms with Crippen molar-refractivity contribution in [3.63, 3.8) is 0 Å². The molecule has 2 aromatic rings. The predicted molar refractivity (Wildman–Crippen MR) is 91.0 cm³/mol. The van der Waals surface area contributed by atoms with Gasteiger partial charge in [-0.25, -0.2) is 0 Å². The minimum atomic E-state index is 0.644. The van der Waals surface area contributed by atoms with Crippen LogP contribution in [0.4, 0.5) is 0 Å². The van der Waals surface area contributed by atoms with Crippen LogP contribution in [-0.4, -0.2) is 22.5 Å². The first-order chi connectivity index (χ1) is 10.8. The van der Waals surface area contributed by atoms with E-state index in [1.165, 1.54) is 56.0 Å². The Balaban J connectivity index is 1.59.